The fraction of sp³-hybridized carbons (Fsp3) is 0.833. The van der Waals surface area contributed by atoms with Gasteiger partial charge in [0, 0.05) is 0 Å². The maximum Gasteiger partial charge on any atom is 0.0720 e. The third kappa shape index (κ3) is 9.62. The number of aliphatic hydroxyl groups is 1. The van der Waals surface area contributed by atoms with Crippen molar-refractivity contribution in [2.75, 3.05) is 0 Å². The van der Waals surface area contributed by atoms with Gasteiger partial charge < -0.3 is 5.11 Å². The van der Waals surface area contributed by atoms with Crippen LogP contribution in [0.5, 0.6) is 0 Å². The van der Waals surface area contributed by atoms with Crippen molar-refractivity contribution >= 4 is 0 Å². The molecule has 0 aliphatic rings. The third-order valence-corrected chi connectivity index (χ3v) is 2.19. The van der Waals surface area contributed by atoms with Gasteiger partial charge in [-0.1, -0.05) is 58.1 Å². The minimum atomic E-state index is -0.205. The first-order chi connectivity index (χ1) is 6.31. The fourth-order valence-corrected chi connectivity index (χ4v) is 1.27. The van der Waals surface area contributed by atoms with E-state index < -0.39 is 0 Å². The summed E-state index contributed by atoms with van der Waals surface area (Å²) in [7, 11) is 0. The molecule has 78 valence electrons. The van der Waals surface area contributed by atoms with Crippen molar-refractivity contribution in [2.24, 2.45) is 0 Å². The number of rotatable bonds is 8. The highest BCUT2D eigenvalue weighted by atomic mass is 16.3. The van der Waals surface area contributed by atoms with Gasteiger partial charge in [-0.05, 0) is 12.8 Å². The van der Waals surface area contributed by atoms with E-state index in [-0.39, 0.29) is 6.10 Å². The highest BCUT2D eigenvalue weighted by molar-refractivity contribution is 4.88. The molecule has 0 fully saturated rings. The average Bonchev–Trinajstić information content (AvgIpc) is 2.13. The van der Waals surface area contributed by atoms with Crippen molar-refractivity contribution in [3.05, 3.63) is 12.2 Å². The van der Waals surface area contributed by atoms with Crippen LogP contribution in [0.25, 0.3) is 0 Å². The second-order valence-electron chi connectivity index (χ2n) is 3.63. The Hall–Kier alpha value is -0.300. The zero-order valence-corrected chi connectivity index (χ0v) is 9.13. The molecule has 0 heterocycles. The lowest BCUT2D eigenvalue weighted by atomic mass is 10.1. The summed E-state index contributed by atoms with van der Waals surface area (Å²) in [6.07, 6.45) is 12.0. The first-order valence-electron chi connectivity index (χ1n) is 5.66. The summed E-state index contributed by atoms with van der Waals surface area (Å²) < 4.78 is 0. The monoisotopic (exact) mass is 184 g/mol. The Bertz CT molecular complexity index is 118. The van der Waals surface area contributed by atoms with Crippen molar-refractivity contribution in [3.8, 4) is 0 Å². The van der Waals surface area contributed by atoms with Gasteiger partial charge in [-0.2, -0.15) is 0 Å². The highest BCUT2D eigenvalue weighted by Gasteiger charge is 1.96. The van der Waals surface area contributed by atoms with Gasteiger partial charge in [0.15, 0.2) is 0 Å². The van der Waals surface area contributed by atoms with Gasteiger partial charge in [0.1, 0.15) is 0 Å². The maximum absolute atomic E-state index is 9.49. The molecule has 0 spiro atoms. The molecule has 0 saturated carbocycles. The van der Waals surface area contributed by atoms with E-state index in [0.29, 0.717) is 0 Å². The van der Waals surface area contributed by atoms with E-state index in [1.54, 1.807) is 0 Å². The maximum atomic E-state index is 9.49. The Balaban J connectivity index is 3.27. The van der Waals surface area contributed by atoms with E-state index in [2.05, 4.69) is 19.9 Å². The van der Waals surface area contributed by atoms with Crippen molar-refractivity contribution < 1.29 is 5.11 Å². The molecule has 0 aliphatic heterocycles. The molecule has 0 saturated heterocycles. The van der Waals surface area contributed by atoms with Crippen LogP contribution in [0, 0.1) is 0 Å². The lowest BCUT2D eigenvalue weighted by Gasteiger charge is -2.03. The molecular formula is C12H24O. The first-order valence-corrected chi connectivity index (χ1v) is 5.66. The SMILES string of the molecule is CCCC/C=C/C(O)CCCCC. The molecule has 0 bridgehead atoms. The highest BCUT2D eigenvalue weighted by Crippen LogP contribution is 2.05. The van der Waals surface area contributed by atoms with E-state index in [1.165, 1.54) is 25.7 Å². The van der Waals surface area contributed by atoms with Crippen molar-refractivity contribution in [3.63, 3.8) is 0 Å². The number of allylic oxidation sites excluding steroid dienone is 1. The minimum Gasteiger partial charge on any atom is -0.389 e. The van der Waals surface area contributed by atoms with Gasteiger partial charge in [0.25, 0.3) is 0 Å². The van der Waals surface area contributed by atoms with Crippen LogP contribution in [0.4, 0.5) is 0 Å². The first kappa shape index (κ1) is 12.7. The quantitative estimate of drug-likeness (QED) is 0.451. The molecule has 0 radical (unpaired) electrons. The topological polar surface area (TPSA) is 20.2 Å². The van der Waals surface area contributed by atoms with Gasteiger partial charge in [-0.15, -0.1) is 0 Å². The van der Waals surface area contributed by atoms with Gasteiger partial charge in [-0.3, -0.25) is 0 Å². The minimum absolute atomic E-state index is 0.205. The van der Waals surface area contributed by atoms with E-state index >= 15 is 0 Å². The standard InChI is InChI=1S/C12H24O/c1-3-5-7-9-11-12(13)10-8-6-4-2/h9,11-13H,3-8,10H2,1-2H3/b11-9+. The molecular weight excluding hydrogens is 160 g/mol. The fourth-order valence-electron chi connectivity index (χ4n) is 1.27. The van der Waals surface area contributed by atoms with Crippen molar-refractivity contribution in [1.82, 2.24) is 0 Å². The largest absolute Gasteiger partial charge is 0.389 e. The zero-order chi connectivity index (χ0) is 9.94. The normalized spacial score (nSPS) is 13.8. The lowest BCUT2D eigenvalue weighted by Crippen LogP contribution is -2.01. The molecule has 1 unspecified atom stereocenters. The van der Waals surface area contributed by atoms with E-state index in [9.17, 15) is 5.11 Å². The molecule has 0 aromatic heterocycles. The smallest absolute Gasteiger partial charge is 0.0720 e. The van der Waals surface area contributed by atoms with E-state index in [4.69, 9.17) is 0 Å². The zero-order valence-electron chi connectivity index (χ0n) is 9.13. The van der Waals surface area contributed by atoms with Gasteiger partial charge in [-0.25, -0.2) is 0 Å². The third-order valence-electron chi connectivity index (χ3n) is 2.19. The number of aliphatic hydroxyl groups excluding tert-OH is 1. The average molecular weight is 184 g/mol. The van der Waals surface area contributed by atoms with Crippen LogP contribution >= 0.6 is 0 Å². The second kappa shape index (κ2) is 9.79. The molecule has 0 rings (SSSR count). The van der Waals surface area contributed by atoms with Crippen LogP contribution in [0.2, 0.25) is 0 Å². The molecule has 0 aliphatic carbocycles. The number of hydrogen-bond donors (Lipinski definition) is 1. The molecule has 1 atom stereocenters. The van der Waals surface area contributed by atoms with Crippen LogP contribution < -0.4 is 0 Å². The predicted octanol–water partition coefficient (Wildman–Crippen LogP) is 3.67. The molecule has 0 amide bonds. The Labute approximate surface area is 82.9 Å². The van der Waals surface area contributed by atoms with Crippen molar-refractivity contribution in [1.29, 1.82) is 0 Å². The van der Waals surface area contributed by atoms with Crippen LogP contribution in [0.3, 0.4) is 0 Å². The van der Waals surface area contributed by atoms with Crippen LogP contribution in [0.15, 0.2) is 12.2 Å². The summed E-state index contributed by atoms with van der Waals surface area (Å²) in [5, 5.41) is 9.49. The predicted molar refractivity (Wildman–Crippen MR) is 58.8 cm³/mol. The number of unbranched alkanes of at least 4 members (excludes halogenated alkanes) is 4. The molecule has 1 nitrogen and oxygen atoms in total. The summed E-state index contributed by atoms with van der Waals surface area (Å²) in [5.41, 5.74) is 0. The summed E-state index contributed by atoms with van der Waals surface area (Å²) in [6, 6.07) is 0. The van der Waals surface area contributed by atoms with Gasteiger partial charge in [0.2, 0.25) is 0 Å². The van der Waals surface area contributed by atoms with Crippen molar-refractivity contribution in [2.45, 2.75) is 64.9 Å². The van der Waals surface area contributed by atoms with Crippen LogP contribution in [0.1, 0.15) is 58.8 Å². The molecule has 1 heteroatoms. The molecule has 1 N–H and O–H groups in total. The Kier molecular flexibility index (Phi) is 9.56. The van der Waals surface area contributed by atoms with Gasteiger partial charge >= 0.3 is 0 Å². The summed E-state index contributed by atoms with van der Waals surface area (Å²) >= 11 is 0. The molecule has 13 heavy (non-hydrogen) atoms. The van der Waals surface area contributed by atoms with Crippen LogP contribution in [-0.2, 0) is 0 Å². The molecule has 0 aromatic carbocycles. The van der Waals surface area contributed by atoms with Crippen LogP contribution in [-0.4, -0.2) is 11.2 Å². The van der Waals surface area contributed by atoms with Gasteiger partial charge in [0.05, 0.1) is 6.10 Å². The number of hydrogen-bond acceptors (Lipinski definition) is 1. The molecule has 0 aromatic rings. The Morgan fingerprint density at radius 3 is 2.38 bits per heavy atom. The summed E-state index contributed by atoms with van der Waals surface area (Å²) in [6.45, 7) is 4.37. The Morgan fingerprint density at radius 1 is 1.08 bits per heavy atom. The van der Waals surface area contributed by atoms with E-state index in [1.807, 2.05) is 6.08 Å². The lowest BCUT2D eigenvalue weighted by molar-refractivity contribution is 0.208. The second-order valence-corrected chi connectivity index (χ2v) is 3.63. The van der Waals surface area contributed by atoms with E-state index in [0.717, 1.165) is 19.3 Å². The summed E-state index contributed by atoms with van der Waals surface area (Å²) in [4.78, 5) is 0. The summed E-state index contributed by atoms with van der Waals surface area (Å²) in [5.74, 6) is 0. The Morgan fingerprint density at radius 2 is 1.77 bits per heavy atom.